The fourth-order valence-electron chi connectivity index (χ4n) is 3.87. The van der Waals surface area contributed by atoms with Gasteiger partial charge < -0.3 is 4.74 Å². The Bertz CT molecular complexity index is 1390. The van der Waals surface area contributed by atoms with Crippen molar-refractivity contribution in [3.8, 4) is 22.9 Å². The Morgan fingerprint density at radius 2 is 1.70 bits per heavy atom. The predicted octanol–water partition coefficient (Wildman–Crippen LogP) is 5.99. The second-order valence-electron chi connectivity index (χ2n) is 8.53. The lowest BCUT2D eigenvalue weighted by Gasteiger charge is -2.20. The molecule has 37 heavy (non-hydrogen) atoms. The molecule has 1 aliphatic carbocycles. The van der Waals surface area contributed by atoms with Crippen LogP contribution in [0.15, 0.2) is 48.5 Å². The number of halogens is 7. The van der Waals surface area contributed by atoms with E-state index in [0.717, 1.165) is 24.3 Å². The number of aryl methyl sites for hydroxylation is 1. The van der Waals surface area contributed by atoms with Crippen LogP contribution in [-0.4, -0.2) is 30.1 Å². The van der Waals surface area contributed by atoms with Crippen molar-refractivity contribution in [2.24, 2.45) is 0 Å². The molecule has 200 valence electrons. The number of hydrogen-bond acceptors (Lipinski definition) is 4. The van der Waals surface area contributed by atoms with Crippen molar-refractivity contribution in [3.63, 3.8) is 0 Å². The van der Waals surface area contributed by atoms with Crippen LogP contribution < -0.4 is 9.46 Å². The van der Waals surface area contributed by atoms with Crippen molar-refractivity contribution in [2.45, 2.75) is 44.2 Å². The Morgan fingerprint density at radius 3 is 2.24 bits per heavy atom. The molecule has 2 aromatic carbocycles. The molecule has 0 unspecified atom stereocenters. The monoisotopic (exact) mass is 551 g/mol. The number of sulfonamides is 1. The molecule has 0 radical (unpaired) electrons. The first kappa shape index (κ1) is 26.9. The fraction of sp³-hybridized carbons (Fsp3) is 0.348. The van der Waals surface area contributed by atoms with Crippen LogP contribution >= 0.6 is 0 Å². The molecule has 0 atom stereocenters. The Labute approximate surface area is 207 Å². The standard InChI is InChI=1S/C23H20F7N3O3S/c1-2-33-19(36-15-8-6-14(7-9-15)23(28,29)30)12-18(31-33)16-4-3-5-17(20(16)24)21(10-11-21)32-37(34,35)13-22(25,26)27/h3-9,12,32H,2,10-11,13H2,1H3. The number of alkyl halides is 6. The topological polar surface area (TPSA) is 73.2 Å². The molecule has 14 heteroatoms. The van der Waals surface area contributed by atoms with E-state index in [1.807, 2.05) is 4.72 Å². The minimum absolute atomic E-state index is 0.0525. The van der Waals surface area contributed by atoms with Crippen molar-refractivity contribution in [1.82, 2.24) is 14.5 Å². The summed E-state index contributed by atoms with van der Waals surface area (Å²) < 4.78 is 125. The highest BCUT2D eigenvalue weighted by atomic mass is 32.2. The highest BCUT2D eigenvalue weighted by Crippen LogP contribution is 2.48. The molecule has 1 heterocycles. The summed E-state index contributed by atoms with van der Waals surface area (Å²) in [5.74, 6) is -2.76. The molecule has 1 aliphatic rings. The SMILES string of the molecule is CCn1nc(-c2cccc(C3(NS(=O)(=O)CC(F)(F)F)CC3)c2F)cc1Oc1ccc(C(F)(F)F)cc1. The third-order valence-corrected chi connectivity index (χ3v) is 7.10. The summed E-state index contributed by atoms with van der Waals surface area (Å²) in [6.07, 6.45) is -9.26. The maximum absolute atomic E-state index is 15.6. The first-order chi connectivity index (χ1) is 17.1. The van der Waals surface area contributed by atoms with E-state index in [1.54, 1.807) is 6.92 Å². The van der Waals surface area contributed by atoms with Gasteiger partial charge in [-0.15, -0.1) is 0 Å². The molecule has 0 bridgehead atoms. The Morgan fingerprint density at radius 1 is 1.05 bits per heavy atom. The first-order valence-corrected chi connectivity index (χ1v) is 12.6. The van der Waals surface area contributed by atoms with E-state index in [2.05, 4.69) is 5.10 Å². The summed E-state index contributed by atoms with van der Waals surface area (Å²) in [5, 5.41) is 4.26. The molecule has 1 saturated carbocycles. The fourth-order valence-corrected chi connectivity index (χ4v) is 5.29. The van der Waals surface area contributed by atoms with Gasteiger partial charge in [0.05, 0.1) is 16.8 Å². The normalized spacial score (nSPS) is 15.6. The summed E-state index contributed by atoms with van der Waals surface area (Å²) in [6.45, 7) is 1.97. The summed E-state index contributed by atoms with van der Waals surface area (Å²) in [5.41, 5.74) is -2.45. The van der Waals surface area contributed by atoms with Crippen LogP contribution in [0, 0.1) is 5.82 Å². The number of hydrogen-bond donors (Lipinski definition) is 1. The van der Waals surface area contributed by atoms with Crippen LogP contribution in [0.5, 0.6) is 11.6 Å². The molecule has 1 N–H and O–H groups in total. The van der Waals surface area contributed by atoms with Gasteiger partial charge in [0.25, 0.3) is 0 Å². The van der Waals surface area contributed by atoms with Crippen molar-refractivity contribution in [3.05, 3.63) is 65.5 Å². The Kier molecular flexibility index (Phi) is 6.78. The molecule has 1 aromatic heterocycles. The molecule has 0 amide bonds. The van der Waals surface area contributed by atoms with E-state index in [0.29, 0.717) is 0 Å². The maximum Gasteiger partial charge on any atom is 0.416 e. The van der Waals surface area contributed by atoms with Gasteiger partial charge in [-0.1, -0.05) is 12.1 Å². The van der Waals surface area contributed by atoms with Gasteiger partial charge in [-0.3, -0.25) is 0 Å². The predicted molar refractivity (Wildman–Crippen MR) is 119 cm³/mol. The van der Waals surface area contributed by atoms with Gasteiger partial charge in [-0.2, -0.15) is 31.4 Å². The van der Waals surface area contributed by atoms with Gasteiger partial charge >= 0.3 is 12.4 Å². The minimum Gasteiger partial charge on any atom is -0.439 e. The first-order valence-electron chi connectivity index (χ1n) is 10.9. The van der Waals surface area contributed by atoms with E-state index in [9.17, 15) is 34.8 Å². The molecule has 0 spiro atoms. The molecule has 0 saturated heterocycles. The van der Waals surface area contributed by atoms with Crippen LogP contribution in [0.1, 0.15) is 30.9 Å². The van der Waals surface area contributed by atoms with Crippen LogP contribution in [-0.2, 0) is 28.3 Å². The zero-order valence-corrected chi connectivity index (χ0v) is 19.9. The molecular weight excluding hydrogens is 531 g/mol. The summed E-state index contributed by atoms with van der Waals surface area (Å²) in [4.78, 5) is 0. The highest BCUT2D eigenvalue weighted by molar-refractivity contribution is 7.89. The summed E-state index contributed by atoms with van der Waals surface area (Å²) in [6, 6.07) is 9.38. The van der Waals surface area contributed by atoms with Gasteiger partial charge in [0.15, 0.2) is 5.75 Å². The van der Waals surface area contributed by atoms with Gasteiger partial charge in [0, 0.05) is 23.7 Å². The van der Waals surface area contributed by atoms with Crippen LogP contribution in [0.25, 0.3) is 11.3 Å². The van der Waals surface area contributed by atoms with Crippen molar-refractivity contribution in [2.75, 3.05) is 5.75 Å². The van der Waals surface area contributed by atoms with Gasteiger partial charge in [0.1, 0.15) is 11.6 Å². The minimum atomic E-state index is -4.96. The second-order valence-corrected chi connectivity index (χ2v) is 10.3. The molecule has 4 rings (SSSR count). The number of nitrogens with zero attached hydrogens (tertiary/aromatic N) is 2. The van der Waals surface area contributed by atoms with Crippen molar-refractivity contribution >= 4 is 10.0 Å². The average Bonchev–Trinajstić information content (AvgIpc) is 3.41. The van der Waals surface area contributed by atoms with Crippen LogP contribution in [0.3, 0.4) is 0 Å². The largest absolute Gasteiger partial charge is 0.439 e. The van der Waals surface area contributed by atoms with Gasteiger partial charge in [0.2, 0.25) is 15.9 Å². The van der Waals surface area contributed by atoms with Crippen LogP contribution in [0.2, 0.25) is 0 Å². The molecule has 6 nitrogen and oxygen atoms in total. The third kappa shape index (κ3) is 6.06. The summed E-state index contributed by atoms with van der Waals surface area (Å²) in [7, 11) is -4.78. The van der Waals surface area contributed by atoms with E-state index < -0.39 is 45.0 Å². The number of aromatic nitrogens is 2. The maximum atomic E-state index is 15.6. The lowest BCUT2D eigenvalue weighted by atomic mass is 10.0. The summed E-state index contributed by atoms with van der Waals surface area (Å²) >= 11 is 0. The quantitative estimate of drug-likeness (QED) is 0.349. The number of ether oxygens (including phenoxy) is 1. The zero-order valence-electron chi connectivity index (χ0n) is 19.1. The molecular formula is C23H20F7N3O3S. The van der Waals surface area contributed by atoms with Gasteiger partial charge in [-0.25, -0.2) is 22.2 Å². The van der Waals surface area contributed by atoms with E-state index >= 15 is 4.39 Å². The molecule has 3 aromatic rings. The highest BCUT2D eigenvalue weighted by Gasteiger charge is 2.51. The number of benzene rings is 2. The van der Waals surface area contributed by atoms with Crippen molar-refractivity contribution in [1.29, 1.82) is 0 Å². The lowest BCUT2D eigenvalue weighted by Crippen LogP contribution is -2.40. The van der Waals surface area contributed by atoms with Gasteiger partial charge in [-0.05, 0) is 50.1 Å². The molecule has 0 aliphatic heterocycles. The zero-order chi connectivity index (χ0) is 27.2. The number of nitrogens with one attached hydrogen (secondary N) is 1. The molecule has 1 fully saturated rings. The van der Waals surface area contributed by atoms with E-state index in [1.165, 1.54) is 28.9 Å². The van der Waals surface area contributed by atoms with E-state index in [4.69, 9.17) is 4.74 Å². The van der Waals surface area contributed by atoms with Crippen molar-refractivity contribution < 1.29 is 43.9 Å². The second kappa shape index (κ2) is 9.31. The Balaban J connectivity index is 1.62. The van der Waals surface area contributed by atoms with Crippen LogP contribution in [0.4, 0.5) is 30.7 Å². The van der Waals surface area contributed by atoms with E-state index in [-0.39, 0.29) is 47.8 Å². The smallest absolute Gasteiger partial charge is 0.416 e. The average molecular weight is 551 g/mol. The number of rotatable bonds is 8. The Hall–Kier alpha value is -3.13. The lowest BCUT2D eigenvalue weighted by molar-refractivity contribution is -0.137. The third-order valence-electron chi connectivity index (χ3n) is 5.69.